The second-order valence-corrected chi connectivity index (χ2v) is 12.0. The van der Waals surface area contributed by atoms with Crippen molar-refractivity contribution in [1.29, 1.82) is 0 Å². The number of hydrogen-bond donors (Lipinski definition) is 1. The summed E-state index contributed by atoms with van der Waals surface area (Å²) < 4.78 is 52.9. The van der Waals surface area contributed by atoms with Gasteiger partial charge in [-0.15, -0.1) is 0 Å². The molecule has 0 radical (unpaired) electrons. The Balaban J connectivity index is 1.66. The monoisotopic (exact) mass is 479 g/mol. The Kier molecular flexibility index (Phi) is 7.71. The van der Waals surface area contributed by atoms with E-state index in [0.29, 0.717) is 18.8 Å². The lowest BCUT2D eigenvalue weighted by Crippen LogP contribution is -2.31. The molecule has 0 aliphatic carbocycles. The van der Waals surface area contributed by atoms with Gasteiger partial charge in [-0.25, -0.2) is 21.1 Å². The SMILES string of the molecule is CN(C)S(=O)(=O)c1cccc(C(=O)CNc2ccc(S(=O)(=O)N3CCCCCC3)cc2)c1. The standard InChI is InChI=1S/C22H29N3O5S2/c1-24(2)31(27,28)21-9-7-8-18(16-21)22(26)17-23-19-10-12-20(13-11-19)32(29,30)25-14-5-3-4-6-15-25/h7-13,16,23H,3-6,14-15,17H2,1-2H3. The number of carbonyl (C=O) groups excluding carboxylic acids is 1. The van der Waals surface area contributed by atoms with E-state index in [1.165, 1.54) is 44.4 Å². The average molecular weight is 480 g/mol. The third-order valence-corrected chi connectivity index (χ3v) is 9.17. The van der Waals surface area contributed by atoms with Crippen LogP contribution in [0.25, 0.3) is 0 Å². The molecule has 10 heteroatoms. The van der Waals surface area contributed by atoms with Crippen molar-refractivity contribution < 1.29 is 21.6 Å². The van der Waals surface area contributed by atoms with Gasteiger partial charge in [0.25, 0.3) is 0 Å². The Morgan fingerprint density at radius 3 is 2.12 bits per heavy atom. The van der Waals surface area contributed by atoms with Gasteiger partial charge in [0.2, 0.25) is 20.0 Å². The van der Waals surface area contributed by atoms with Crippen LogP contribution in [0, 0.1) is 0 Å². The molecule has 2 aromatic rings. The number of benzene rings is 2. The largest absolute Gasteiger partial charge is 0.378 e. The number of carbonyl (C=O) groups is 1. The van der Waals surface area contributed by atoms with Crippen LogP contribution in [-0.2, 0) is 20.0 Å². The second-order valence-electron chi connectivity index (χ2n) is 7.93. The molecule has 0 saturated carbocycles. The van der Waals surface area contributed by atoms with Crippen molar-refractivity contribution in [3.05, 3.63) is 54.1 Å². The summed E-state index contributed by atoms with van der Waals surface area (Å²) >= 11 is 0. The van der Waals surface area contributed by atoms with Gasteiger partial charge in [-0.1, -0.05) is 25.0 Å². The molecular formula is C22H29N3O5S2. The van der Waals surface area contributed by atoms with Gasteiger partial charge in [0.1, 0.15) is 0 Å². The van der Waals surface area contributed by atoms with E-state index in [4.69, 9.17) is 0 Å². The molecule has 0 aromatic heterocycles. The Labute approximate surface area is 190 Å². The van der Waals surface area contributed by atoms with E-state index in [2.05, 4.69) is 5.32 Å². The van der Waals surface area contributed by atoms with Gasteiger partial charge in [-0.3, -0.25) is 4.79 Å². The fourth-order valence-electron chi connectivity index (χ4n) is 3.50. The van der Waals surface area contributed by atoms with E-state index in [9.17, 15) is 21.6 Å². The summed E-state index contributed by atoms with van der Waals surface area (Å²) in [5, 5.41) is 2.97. The number of nitrogens with zero attached hydrogens (tertiary/aromatic N) is 2. The first-order valence-electron chi connectivity index (χ1n) is 10.5. The Morgan fingerprint density at radius 1 is 0.906 bits per heavy atom. The van der Waals surface area contributed by atoms with Crippen LogP contribution in [0.2, 0.25) is 0 Å². The summed E-state index contributed by atoms with van der Waals surface area (Å²) in [7, 11) is -4.29. The number of sulfonamides is 2. The highest BCUT2D eigenvalue weighted by molar-refractivity contribution is 7.89. The predicted molar refractivity (Wildman–Crippen MR) is 124 cm³/mol. The zero-order valence-corrected chi connectivity index (χ0v) is 20.0. The van der Waals surface area contributed by atoms with Crippen LogP contribution in [0.4, 0.5) is 5.69 Å². The van der Waals surface area contributed by atoms with Crippen molar-refractivity contribution in [2.75, 3.05) is 39.0 Å². The molecule has 0 amide bonds. The van der Waals surface area contributed by atoms with Crippen LogP contribution in [0.15, 0.2) is 58.3 Å². The summed E-state index contributed by atoms with van der Waals surface area (Å²) in [6.45, 7) is 1.03. The predicted octanol–water partition coefficient (Wildman–Crippen LogP) is 2.80. The zero-order chi connectivity index (χ0) is 23.4. The van der Waals surface area contributed by atoms with Crippen molar-refractivity contribution in [2.24, 2.45) is 0 Å². The highest BCUT2D eigenvalue weighted by Gasteiger charge is 2.25. The second kappa shape index (κ2) is 10.1. The lowest BCUT2D eigenvalue weighted by Gasteiger charge is -2.20. The van der Waals surface area contributed by atoms with E-state index >= 15 is 0 Å². The first-order valence-corrected chi connectivity index (χ1v) is 13.4. The molecule has 1 N–H and O–H groups in total. The van der Waals surface area contributed by atoms with Crippen molar-refractivity contribution in [2.45, 2.75) is 35.5 Å². The number of ketones is 1. The molecule has 0 atom stereocenters. The van der Waals surface area contributed by atoms with Crippen LogP contribution in [-0.4, -0.2) is 65.0 Å². The Morgan fingerprint density at radius 2 is 1.53 bits per heavy atom. The maximum atomic E-state index is 12.9. The highest BCUT2D eigenvalue weighted by Crippen LogP contribution is 2.22. The summed E-state index contributed by atoms with van der Waals surface area (Å²) in [6, 6.07) is 12.2. The minimum atomic E-state index is -3.63. The molecule has 1 saturated heterocycles. The maximum Gasteiger partial charge on any atom is 0.243 e. The molecule has 32 heavy (non-hydrogen) atoms. The summed E-state index contributed by atoms with van der Waals surface area (Å²) in [6.07, 6.45) is 3.84. The van der Waals surface area contributed by atoms with Crippen LogP contribution >= 0.6 is 0 Å². The number of nitrogens with one attached hydrogen (secondary N) is 1. The molecule has 2 aromatic carbocycles. The molecule has 1 aliphatic rings. The molecule has 1 fully saturated rings. The number of hydrogen-bond acceptors (Lipinski definition) is 6. The van der Waals surface area contributed by atoms with Gasteiger partial charge in [0.15, 0.2) is 5.78 Å². The van der Waals surface area contributed by atoms with Crippen LogP contribution in [0.5, 0.6) is 0 Å². The molecule has 0 unspecified atom stereocenters. The zero-order valence-electron chi connectivity index (χ0n) is 18.3. The Hall–Kier alpha value is -2.27. The first kappa shape index (κ1) is 24.4. The molecule has 0 spiro atoms. The third kappa shape index (κ3) is 5.55. The number of Topliss-reactive ketones (excluding diaryl/α,β-unsaturated/α-hetero) is 1. The molecule has 3 rings (SSSR count). The summed E-state index contributed by atoms with van der Waals surface area (Å²) in [4.78, 5) is 12.8. The summed E-state index contributed by atoms with van der Waals surface area (Å²) in [5.74, 6) is -0.276. The van der Waals surface area contributed by atoms with Crippen molar-refractivity contribution in [1.82, 2.24) is 8.61 Å². The minimum Gasteiger partial charge on any atom is -0.378 e. The van der Waals surface area contributed by atoms with E-state index in [1.807, 2.05) is 0 Å². The van der Waals surface area contributed by atoms with Gasteiger partial charge in [0.05, 0.1) is 16.3 Å². The molecule has 1 aliphatic heterocycles. The van der Waals surface area contributed by atoms with Gasteiger partial charge in [0, 0.05) is 38.4 Å². The van der Waals surface area contributed by atoms with Crippen molar-refractivity contribution >= 4 is 31.5 Å². The van der Waals surface area contributed by atoms with Gasteiger partial charge in [-0.05, 0) is 49.2 Å². The maximum absolute atomic E-state index is 12.9. The highest BCUT2D eigenvalue weighted by atomic mass is 32.2. The average Bonchev–Trinajstić information content (AvgIpc) is 3.08. The minimum absolute atomic E-state index is 0.0519. The van der Waals surface area contributed by atoms with E-state index in [1.54, 1.807) is 22.5 Å². The molecule has 8 nitrogen and oxygen atoms in total. The molecular weight excluding hydrogens is 450 g/mol. The molecule has 1 heterocycles. The van der Waals surface area contributed by atoms with Gasteiger partial charge >= 0.3 is 0 Å². The third-order valence-electron chi connectivity index (χ3n) is 5.44. The topological polar surface area (TPSA) is 104 Å². The first-order chi connectivity index (χ1) is 15.1. The number of anilines is 1. The van der Waals surface area contributed by atoms with Crippen LogP contribution in [0.3, 0.4) is 0 Å². The van der Waals surface area contributed by atoms with Crippen LogP contribution in [0.1, 0.15) is 36.0 Å². The van der Waals surface area contributed by atoms with Crippen molar-refractivity contribution in [3.63, 3.8) is 0 Å². The smallest absolute Gasteiger partial charge is 0.243 e. The molecule has 0 bridgehead atoms. The van der Waals surface area contributed by atoms with Gasteiger partial charge in [-0.2, -0.15) is 4.31 Å². The van der Waals surface area contributed by atoms with Gasteiger partial charge < -0.3 is 5.32 Å². The van der Waals surface area contributed by atoms with E-state index in [0.717, 1.165) is 30.0 Å². The Bertz CT molecular complexity index is 1150. The van der Waals surface area contributed by atoms with Crippen LogP contribution < -0.4 is 5.32 Å². The van der Waals surface area contributed by atoms with Crippen molar-refractivity contribution in [3.8, 4) is 0 Å². The van der Waals surface area contributed by atoms with E-state index < -0.39 is 20.0 Å². The fraction of sp³-hybridized carbons (Fsp3) is 0.409. The lowest BCUT2D eigenvalue weighted by atomic mass is 10.1. The molecule has 174 valence electrons. The quantitative estimate of drug-likeness (QED) is 0.584. The normalized spacial score (nSPS) is 16.0. The summed E-state index contributed by atoms with van der Waals surface area (Å²) in [5.41, 5.74) is 0.881. The fourth-order valence-corrected chi connectivity index (χ4v) is 5.97. The number of rotatable bonds is 8. The lowest BCUT2D eigenvalue weighted by molar-refractivity contribution is 0.101. The van der Waals surface area contributed by atoms with E-state index in [-0.39, 0.29) is 27.7 Å².